The molecule has 0 unspecified atom stereocenters. The second kappa shape index (κ2) is 9.39. The highest BCUT2D eigenvalue weighted by Crippen LogP contribution is 2.38. The Morgan fingerprint density at radius 3 is 2.61 bits per heavy atom. The Kier molecular flexibility index (Phi) is 7.43. The van der Waals surface area contributed by atoms with Crippen LogP contribution in [0.1, 0.15) is 66.2 Å². The molecule has 158 valence electrons. The monoisotopic (exact) mass is 395 g/mol. The van der Waals surface area contributed by atoms with E-state index in [1.54, 1.807) is 0 Å². The number of carbonyl (C=O) groups excluding carboxylic acids is 4. The molecule has 0 radical (unpaired) electrons. The third-order valence-electron chi connectivity index (χ3n) is 5.74. The van der Waals surface area contributed by atoms with Crippen molar-refractivity contribution in [2.24, 2.45) is 11.8 Å². The zero-order valence-corrected chi connectivity index (χ0v) is 17.4. The van der Waals surface area contributed by atoms with Crippen LogP contribution in [0.15, 0.2) is 0 Å². The maximum atomic E-state index is 12.8. The van der Waals surface area contributed by atoms with E-state index >= 15 is 0 Å². The number of urea groups is 1. The van der Waals surface area contributed by atoms with Crippen LogP contribution in [0.3, 0.4) is 0 Å². The van der Waals surface area contributed by atoms with Gasteiger partial charge in [0.1, 0.15) is 12.1 Å². The maximum absolute atomic E-state index is 12.8. The van der Waals surface area contributed by atoms with E-state index in [9.17, 15) is 19.2 Å². The average molecular weight is 396 g/mol. The first-order valence-corrected chi connectivity index (χ1v) is 10.2. The number of carbonyl (C=O) groups is 4. The van der Waals surface area contributed by atoms with Crippen molar-refractivity contribution in [2.75, 3.05) is 13.2 Å². The molecule has 2 fully saturated rings. The van der Waals surface area contributed by atoms with Crippen LogP contribution in [0, 0.1) is 11.8 Å². The highest BCUT2D eigenvalue weighted by molar-refractivity contribution is 6.09. The van der Waals surface area contributed by atoms with Crippen molar-refractivity contribution in [3.05, 3.63) is 0 Å². The van der Waals surface area contributed by atoms with Crippen molar-refractivity contribution in [3.8, 4) is 0 Å². The average Bonchev–Trinajstić information content (AvgIpc) is 2.86. The molecule has 8 nitrogen and oxygen atoms in total. The van der Waals surface area contributed by atoms with Gasteiger partial charge < -0.3 is 15.4 Å². The normalized spacial score (nSPS) is 25.8. The lowest BCUT2D eigenvalue weighted by molar-refractivity contribution is -0.151. The van der Waals surface area contributed by atoms with Crippen LogP contribution in [0.2, 0.25) is 0 Å². The number of nitrogens with one attached hydrogen (secondary N) is 2. The number of rotatable bonds is 8. The van der Waals surface area contributed by atoms with Crippen LogP contribution in [0.25, 0.3) is 0 Å². The first kappa shape index (κ1) is 22.2. The summed E-state index contributed by atoms with van der Waals surface area (Å²) in [6.07, 6.45) is 5.18. The topological polar surface area (TPSA) is 105 Å². The summed E-state index contributed by atoms with van der Waals surface area (Å²) in [6, 6.07) is -0.574. The molecule has 1 aliphatic heterocycles. The number of hydrogen-bond acceptors (Lipinski definition) is 5. The van der Waals surface area contributed by atoms with E-state index < -0.39 is 30.7 Å². The maximum Gasteiger partial charge on any atom is 0.326 e. The van der Waals surface area contributed by atoms with Crippen LogP contribution in [-0.2, 0) is 19.1 Å². The van der Waals surface area contributed by atoms with E-state index in [0.29, 0.717) is 12.3 Å². The standard InChI is InChI=1S/C20H33N3O5/c1-13(2)8-9-15(4)21-16(24)12-28-17(25)11-23-18(26)20(22-19(23)27)10-6-5-7-14(20)3/h13-15H,5-12H2,1-4H3,(H,21,24)(H,22,27)/t14-,15+,20-/m1/s1. The lowest BCUT2D eigenvalue weighted by Crippen LogP contribution is -2.54. The van der Waals surface area contributed by atoms with Gasteiger partial charge in [-0.1, -0.05) is 33.6 Å². The number of imide groups is 1. The fourth-order valence-electron chi connectivity index (χ4n) is 3.93. The van der Waals surface area contributed by atoms with Gasteiger partial charge >= 0.3 is 12.0 Å². The molecule has 1 spiro atoms. The molecular weight excluding hydrogens is 362 g/mol. The summed E-state index contributed by atoms with van der Waals surface area (Å²) in [7, 11) is 0. The summed E-state index contributed by atoms with van der Waals surface area (Å²) in [5.74, 6) is -0.949. The van der Waals surface area contributed by atoms with Crippen molar-refractivity contribution in [3.63, 3.8) is 0 Å². The van der Waals surface area contributed by atoms with Crippen LogP contribution < -0.4 is 10.6 Å². The summed E-state index contributed by atoms with van der Waals surface area (Å²) in [6.45, 7) is 7.18. The smallest absolute Gasteiger partial charge is 0.326 e. The van der Waals surface area contributed by atoms with Gasteiger partial charge in [0.15, 0.2) is 6.61 Å². The van der Waals surface area contributed by atoms with E-state index in [1.165, 1.54) is 0 Å². The molecule has 0 aromatic heterocycles. The molecule has 8 heteroatoms. The second-order valence-electron chi connectivity index (χ2n) is 8.54. The minimum absolute atomic E-state index is 0.00723. The molecule has 2 N–H and O–H groups in total. The molecule has 1 heterocycles. The summed E-state index contributed by atoms with van der Waals surface area (Å²) in [5, 5.41) is 5.57. The number of esters is 1. The first-order valence-electron chi connectivity index (χ1n) is 10.2. The molecule has 2 aliphatic rings. The summed E-state index contributed by atoms with van der Waals surface area (Å²) >= 11 is 0. The molecule has 3 atom stereocenters. The molecule has 0 aromatic carbocycles. The minimum atomic E-state index is -0.904. The molecule has 1 saturated carbocycles. The lowest BCUT2D eigenvalue weighted by Gasteiger charge is -2.36. The van der Waals surface area contributed by atoms with Crippen LogP contribution in [-0.4, -0.2) is 53.4 Å². The lowest BCUT2D eigenvalue weighted by atomic mass is 9.73. The predicted octanol–water partition coefficient (Wildman–Crippen LogP) is 1.97. The van der Waals surface area contributed by atoms with Crippen molar-refractivity contribution in [1.29, 1.82) is 0 Å². The van der Waals surface area contributed by atoms with Crippen LogP contribution in [0.5, 0.6) is 0 Å². The Bertz CT molecular complexity index is 621. The van der Waals surface area contributed by atoms with Crippen LogP contribution >= 0.6 is 0 Å². The first-order chi connectivity index (χ1) is 13.2. The van der Waals surface area contributed by atoms with E-state index in [1.807, 2.05) is 13.8 Å². The second-order valence-corrected chi connectivity index (χ2v) is 8.54. The number of ether oxygens (including phenoxy) is 1. The number of nitrogens with zero attached hydrogens (tertiary/aromatic N) is 1. The number of hydrogen-bond donors (Lipinski definition) is 2. The molecule has 4 amide bonds. The molecule has 1 aliphatic carbocycles. The number of amides is 4. The largest absolute Gasteiger partial charge is 0.454 e. The Balaban J connectivity index is 1.80. The zero-order valence-electron chi connectivity index (χ0n) is 17.4. The molecule has 1 saturated heterocycles. The van der Waals surface area contributed by atoms with Gasteiger partial charge in [0.25, 0.3) is 11.8 Å². The van der Waals surface area contributed by atoms with Crippen molar-refractivity contribution in [1.82, 2.24) is 15.5 Å². The predicted molar refractivity (Wildman–Crippen MR) is 103 cm³/mol. The quantitative estimate of drug-likeness (QED) is 0.483. The zero-order chi connectivity index (χ0) is 20.9. The van der Waals surface area contributed by atoms with Gasteiger partial charge in [-0.3, -0.25) is 19.3 Å². The van der Waals surface area contributed by atoms with Gasteiger partial charge in [0.05, 0.1) is 0 Å². The molecule has 28 heavy (non-hydrogen) atoms. The van der Waals surface area contributed by atoms with Gasteiger partial charge in [-0.15, -0.1) is 0 Å². The highest BCUT2D eigenvalue weighted by atomic mass is 16.5. The molecular formula is C20H33N3O5. The third kappa shape index (κ3) is 5.23. The Labute approximate surface area is 166 Å². The van der Waals surface area contributed by atoms with Crippen molar-refractivity contribution in [2.45, 2.75) is 77.8 Å². The molecule has 2 rings (SSSR count). The van der Waals surface area contributed by atoms with Crippen LogP contribution in [0.4, 0.5) is 4.79 Å². The Hall–Kier alpha value is -2.12. The van der Waals surface area contributed by atoms with E-state index in [-0.39, 0.29) is 23.8 Å². The van der Waals surface area contributed by atoms with Gasteiger partial charge in [-0.25, -0.2) is 4.79 Å². The summed E-state index contributed by atoms with van der Waals surface area (Å²) in [4.78, 5) is 49.9. The van der Waals surface area contributed by atoms with Crippen molar-refractivity contribution >= 4 is 23.8 Å². The van der Waals surface area contributed by atoms with Gasteiger partial charge in [-0.05, 0) is 44.4 Å². The Morgan fingerprint density at radius 1 is 1.25 bits per heavy atom. The highest BCUT2D eigenvalue weighted by Gasteiger charge is 2.55. The van der Waals surface area contributed by atoms with Gasteiger partial charge in [-0.2, -0.15) is 0 Å². The fourth-order valence-corrected chi connectivity index (χ4v) is 3.93. The van der Waals surface area contributed by atoms with E-state index in [0.717, 1.165) is 37.0 Å². The van der Waals surface area contributed by atoms with E-state index in [4.69, 9.17) is 4.74 Å². The third-order valence-corrected chi connectivity index (χ3v) is 5.74. The molecule has 0 bridgehead atoms. The van der Waals surface area contributed by atoms with Gasteiger partial charge in [0.2, 0.25) is 0 Å². The van der Waals surface area contributed by atoms with E-state index in [2.05, 4.69) is 24.5 Å². The van der Waals surface area contributed by atoms with Crippen molar-refractivity contribution < 1.29 is 23.9 Å². The summed E-state index contributed by atoms with van der Waals surface area (Å²) < 4.78 is 4.97. The minimum Gasteiger partial charge on any atom is -0.454 e. The summed E-state index contributed by atoms with van der Waals surface area (Å²) in [5.41, 5.74) is -0.904. The fraction of sp³-hybridized carbons (Fsp3) is 0.800. The SMILES string of the molecule is CC(C)CC[C@H](C)NC(=O)COC(=O)CN1C(=O)N[C@@]2(CCCC[C@H]2C)C1=O. The van der Waals surface area contributed by atoms with Gasteiger partial charge in [0, 0.05) is 6.04 Å². The Morgan fingerprint density at radius 2 is 1.96 bits per heavy atom. The molecule has 0 aromatic rings.